The predicted octanol–water partition coefficient (Wildman–Crippen LogP) is 1.48. The second-order valence-corrected chi connectivity index (χ2v) is 4.60. The molecule has 3 N–H and O–H groups in total. The number of aromatic nitrogens is 2. The fraction of sp³-hybridized carbons (Fsp3) is 0.583. The van der Waals surface area contributed by atoms with E-state index in [1.807, 2.05) is 0 Å². The number of hydrogen-bond acceptors (Lipinski definition) is 5. The van der Waals surface area contributed by atoms with Gasteiger partial charge in [0.1, 0.15) is 17.0 Å². The number of anilines is 1. The fourth-order valence-electron chi connectivity index (χ4n) is 2.53. The number of aryl methyl sites for hydroxylation is 1. The number of nitrogen functional groups attached to an aromatic ring is 1. The molecule has 1 aliphatic rings. The molecule has 6 nitrogen and oxygen atoms in total. The molecule has 6 heteroatoms. The lowest BCUT2D eigenvalue weighted by atomic mass is 10.0. The molecule has 0 spiro atoms. The molecule has 98 valence electrons. The highest BCUT2D eigenvalue weighted by Crippen LogP contribution is 2.40. The van der Waals surface area contributed by atoms with E-state index in [4.69, 9.17) is 15.6 Å². The highest BCUT2D eigenvalue weighted by molar-refractivity contribution is 5.93. The van der Waals surface area contributed by atoms with Crippen LogP contribution in [0.15, 0.2) is 0 Å². The summed E-state index contributed by atoms with van der Waals surface area (Å²) in [6.07, 6.45) is 3.79. The lowest BCUT2D eigenvalue weighted by molar-refractivity contribution is -0.0163. The summed E-state index contributed by atoms with van der Waals surface area (Å²) in [5.74, 6) is -0.592. The van der Waals surface area contributed by atoms with Gasteiger partial charge in [0.25, 0.3) is 0 Å². The zero-order valence-corrected chi connectivity index (χ0v) is 10.6. The van der Waals surface area contributed by atoms with Crippen LogP contribution in [0.1, 0.15) is 47.6 Å². The summed E-state index contributed by atoms with van der Waals surface area (Å²) in [6, 6.07) is 0. The molecule has 1 aromatic heterocycles. The molecule has 1 saturated carbocycles. The van der Waals surface area contributed by atoms with Crippen LogP contribution in [0.25, 0.3) is 0 Å². The van der Waals surface area contributed by atoms with E-state index in [9.17, 15) is 4.79 Å². The van der Waals surface area contributed by atoms with Crippen LogP contribution in [0.3, 0.4) is 0 Å². The van der Waals surface area contributed by atoms with Crippen molar-refractivity contribution in [1.82, 2.24) is 9.97 Å². The van der Waals surface area contributed by atoms with Gasteiger partial charge in [-0.3, -0.25) is 0 Å². The molecule has 0 amide bonds. The molecule has 0 saturated heterocycles. The van der Waals surface area contributed by atoms with Crippen LogP contribution < -0.4 is 5.73 Å². The summed E-state index contributed by atoms with van der Waals surface area (Å²) < 4.78 is 5.57. The third-order valence-corrected chi connectivity index (χ3v) is 3.54. The fourth-order valence-corrected chi connectivity index (χ4v) is 2.53. The molecule has 1 heterocycles. The Morgan fingerprint density at radius 1 is 1.39 bits per heavy atom. The van der Waals surface area contributed by atoms with Crippen LogP contribution >= 0.6 is 0 Å². The van der Waals surface area contributed by atoms with Crippen molar-refractivity contribution in [2.24, 2.45) is 0 Å². The molecule has 18 heavy (non-hydrogen) atoms. The number of nitrogens with two attached hydrogens (primary N) is 1. The van der Waals surface area contributed by atoms with Crippen LogP contribution in [0.5, 0.6) is 0 Å². The van der Waals surface area contributed by atoms with Gasteiger partial charge in [0.15, 0.2) is 5.82 Å². The molecule has 0 aromatic carbocycles. The minimum Gasteiger partial charge on any atom is -0.477 e. The molecular formula is C12H17N3O3. The normalized spacial score (nSPS) is 17.9. The molecule has 1 aromatic rings. The Hall–Kier alpha value is -1.69. The highest BCUT2D eigenvalue weighted by atomic mass is 16.5. The van der Waals surface area contributed by atoms with Gasteiger partial charge in [-0.25, -0.2) is 14.8 Å². The first kappa shape index (κ1) is 12.8. The van der Waals surface area contributed by atoms with Gasteiger partial charge in [-0.2, -0.15) is 0 Å². The Morgan fingerprint density at radius 3 is 2.44 bits per heavy atom. The predicted molar refractivity (Wildman–Crippen MR) is 65.3 cm³/mol. The summed E-state index contributed by atoms with van der Waals surface area (Å²) >= 11 is 0. The number of carboxylic acids is 1. The van der Waals surface area contributed by atoms with E-state index in [1.165, 1.54) is 0 Å². The number of carboxylic acid groups (broad SMARTS) is 1. The van der Waals surface area contributed by atoms with Crippen LogP contribution in [0.4, 0.5) is 5.82 Å². The molecule has 0 atom stereocenters. The van der Waals surface area contributed by atoms with Gasteiger partial charge in [0, 0.05) is 7.11 Å². The monoisotopic (exact) mass is 251 g/mol. The van der Waals surface area contributed by atoms with Gasteiger partial charge in [-0.1, -0.05) is 0 Å². The Morgan fingerprint density at radius 2 is 2.00 bits per heavy atom. The van der Waals surface area contributed by atoms with Crippen molar-refractivity contribution < 1.29 is 14.6 Å². The van der Waals surface area contributed by atoms with E-state index in [2.05, 4.69) is 9.97 Å². The molecule has 0 bridgehead atoms. The summed E-state index contributed by atoms with van der Waals surface area (Å²) in [6.45, 7) is 1.63. The summed E-state index contributed by atoms with van der Waals surface area (Å²) in [4.78, 5) is 19.5. The first-order valence-electron chi connectivity index (χ1n) is 5.93. The van der Waals surface area contributed by atoms with E-state index in [-0.39, 0.29) is 11.4 Å². The molecular weight excluding hydrogens is 234 g/mol. The van der Waals surface area contributed by atoms with Crippen LogP contribution in [0, 0.1) is 6.92 Å². The third kappa shape index (κ3) is 1.92. The van der Waals surface area contributed by atoms with Crippen LogP contribution in [-0.4, -0.2) is 28.2 Å². The van der Waals surface area contributed by atoms with Gasteiger partial charge >= 0.3 is 5.97 Å². The molecule has 1 aliphatic carbocycles. The second kappa shape index (κ2) is 4.53. The standard InChI is InChI=1S/C12H17N3O3/c1-7-8(10(16)17)9(13)15-11(14-7)12(18-2)5-3-4-6-12/h3-6H2,1-2H3,(H,16,17)(H2,13,14,15). The number of nitrogens with zero attached hydrogens (tertiary/aromatic N) is 2. The lowest BCUT2D eigenvalue weighted by Gasteiger charge is -2.26. The zero-order chi connectivity index (χ0) is 13.3. The van der Waals surface area contributed by atoms with Gasteiger partial charge in [0.2, 0.25) is 0 Å². The first-order chi connectivity index (χ1) is 8.50. The average molecular weight is 251 g/mol. The Labute approximate surface area is 105 Å². The van der Waals surface area contributed by atoms with Crippen molar-refractivity contribution in [2.75, 3.05) is 12.8 Å². The maximum absolute atomic E-state index is 11.0. The number of ether oxygens (including phenoxy) is 1. The number of methoxy groups -OCH3 is 1. The van der Waals surface area contributed by atoms with Crippen LogP contribution in [-0.2, 0) is 10.3 Å². The van der Waals surface area contributed by atoms with E-state index in [0.717, 1.165) is 25.7 Å². The van der Waals surface area contributed by atoms with Crippen LogP contribution in [0.2, 0.25) is 0 Å². The zero-order valence-electron chi connectivity index (χ0n) is 10.6. The molecule has 0 radical (unpaired) electrons. The summed E-state index contributed by atoms with van der Waals surface area (Å²) in [5.41, 5.74) is 5.57. The molecule has 0 unspecified atom stereocenters. The topological polar surface area (TPSA) is 98.3 Å². The summed E-state index contributed by atoms with van der Waals surface area (Å²) in [5, 5.41) is 9.03. The number of aromatic carboxylic acids is 1. The third-order valence-electron chi connectivity index (χ3n) is 3.54. The minimum absolute atomic E-state index is 0.00771. The SMILES string of the molecule is COC1(c2nc(C)c(C(=O)O)c(N)n2)CCCC1. The quantitative estimate of drug-likeness (QED) is 0.844. The number of rotatable bonds is 3. The number of hydrogen-bond donors (Lipinski definition) is 2. The van der Waals surface area contributed by atoms with E-state index < -0.39 is 11.6 Å². The smallest absolute Gasteiger partial charge is 0.341 e. The Bertz CT molecular complexity index is 458. The Kier molecular flexibility index (Phi) is 3.21. The van der Waals surface area contributed by atoms with Gasteiger partial charge in [-0.15, -0.1) is 0 Å². The lowest BCUT2D eigenvalue weighted by Crippen LogP contribution is -2.29. The first-order valence-corrected chi connectivity index (χ1v) is 5.93. The van der Waals surface area contributed by atoms with Crippen molar-refractivity contribution >= 4 is 11.8 Å². The molecule has 2 rings (SSSR count). The number of carbonyl (C=O) groups is 1. The molecule has 1 fully saturated rings. The van der Waals surface area contributed by atoms with E-state index in [0.29, 0.717) is 11.5 Å². The van der Waals surface area contributed by atoms with Crippen molar-refractivity contribution in [1.29, 1.82) is 0 Å². The van der Waals surface area contributed by atoms with E-state index >= 15 is 0 Å². The van der Waals surface area contributed by atoms with E-state index in [1.54, 1.807) is 14.0 Å². The second-order valence-electron chi connectivity index (χ2n) is 4.60. The highest BCUT2D eigenvalue weighted by Gasteiger charge is 2.39. The minimum atomic E-state index is -1.10. The van der Waals surface area contributed by atoms with Gasteiger partial charge in [0.05, 0.1) is 5.69 Å². The average Bonchev–Trinajstić information content (AvgIpc) is 2.77. The largest absolute Gasteiger partial charge is 0.477 e. The van der Waals surface area contributed by atoms with Crippen molar-refractivity contribution in [3.63, 3.8) is 0 Å². The maximum atomic E-state index is 11.0. The summed E-state index contributed by atoms with van der Waals surface area (Å²) in [7, 11) is 1.63. The van der Waals surface area contributed by atoms with Gasteiger partial charge in [-0.05, 0) is 32.6 Å². The van der Waals surface area contributed by atoms with Crippen molar-refractivity contribution in [3.05, 3.63) is 17.1 Å². The van der Waals surface area contributed by atoms with Gasteiger partial charge < -0.3 is 15.6 Å². The Balaban J connectivity index is 2.50. The van der Waals surface area contributed by atoms with Crippen molar-refractivity contribution in [3.8, 4) is 0 Å². The molecule has 0 aliphatic heterocycles. The van der Waals surface area contributed by atoms with Crippen molar-refractivity contribution in [2.45, 2.75) is 38.2 Å². The maximum Gasteiger partial charge on any atom is 0.341 e.